The quantitative estimate of drug-likeness (QED) is 0.426. The summed E-state index contributed by atoms with van der Waals surface area (Å²) < 4.78 is 5.75. The summed E-state index contributed by atoms with van der Waals surface area (Å²) in [6.07, 6.45) is 1.73. The lowest BCUT2D eigenvalue weighted by Crippen LogP contribution is -1.98. The van der Waals surface area contributed by atoms with Crippen molar-refractivity contribution in [2.75, 3.05) is 0 Å². The first kappa shape index (κ1) is 16.7. The number of aromatic hydroxyl groups is 1. The summed E-state index contributed by atoms with van der Waals surface area (Å²) >= 11 is 6.03. The largest absolute Gasteiger partial charge is 0.507 e. The number of Topliss-reactive ketones (excluding diaryl/α,β-unsaturated/α-hetero) is 1. The molecule has 5 rings (SSSR count). The third-order valence-electron chi connectivity index (χ3n) is 4.83. The van der Waals surface area contributed by atoms with Gasteiger partial charge in [-0.25, -0.2) is 0 Å². The molecule has 136 valence electrons. The number of rotatable bonds is 2. The molecule has 0 unspecified atom stereocenters. The van der Waals surface area contributed by atoms with Crippen LogP contribution in [0, 0.1) is 0 Å². The molecular weight excluding hydrogens is 374 g/mol. The highest BCUT2D eigenvalue weighted by molar-refractivity contribution is 6.30. The van der Waals surface area contributed by atoms with Crippen molar-refractivity contribution < 1.29 is 14.6 Å². The fraction of sp³-hybridized carbons (Fsp3) is 0. The number of para-hydroxylation sites is 1. The Morgan fingerprint density at radius 3 is 2.54 bits per heavy atom. The Balaban J connectivity index is 1.70. The number of halogens is 1. The van der Waals surface area contributed by atoms with Crippen LogP contribution in [0.4, 0.5) is 0 Å². The molecule has 3 aromatic carbocycles. The highest BCUT2D eigenvalue weighted by Gasteiger charge is 2.30. The third-order valence-corrected chi connectivity index (χ3v) is 5.08. The minimum atomic E-state index is -0.333. The van der Waals surface area contributed by atoms with Gasteiger partial charge in [0.25, 0.3) is 0 Å². The summed E-state index contributed by atoms with van der Waals surface area (Å²) in [5.74, 6) is 0.129. The Bertz CT molecular complexity index is 1270. The molecule has 0 aliphatic carbocycles. The van der Waals surface area contributed by atoms with Crippen molar-refractivity contribution in [1.29, 1.82) is 0 Å². The Morgan fingerprint density at radius 1 is 0.964 bits per heavy atom. The van der Waals surface area contributed by atoms with Crippen molar-refractivity contribution >= 4 is 34.4 Å². The predicted octanol–water partition coefficient (Wildman–Crippen LogP) is 5.81. The van der Waals surface area contributed by atoms with Crippen LogP contribution in [0.5, 0.6) is 11.5 Å². The number of nitrogens with one attached hydrogen (secondary N) is 1. The predicted molar refractivity (Wildman–Crippen MR) is 110 cm³/mol. The lowest BCUT2D eigenvalue weighted by molar-refractivity contribution is 0.101. The van der Waals surface area contributed by atoms with Crippen LogP contribution < -0.4 is 4.74 Å². The molecular formula is C23H14ClNO3. The zero-order chi connectivity index (χ0) is 19.3. The van der Waals surface area contributed by atoms with Crippen LogP contribution in [0.1, 0.15) is 15.9 Å². The van der Waals surface area contributed by atoms with Gasteiger partial charge in [0.1, 0.15) is 17.1 Å². The minimum absolute atomic E-state index is 0.0808. The third kappa shape index (κ3) is 2.58. The number of hydrogen-bond donors (Lipinski definition) is 2. The summed E-state index contributed by atoms with van der Waals surface area (Å²) in [5.41, 5.74) is 3.79. The van der Waals surface area contributed by atoms with E-state index in [1.165, 1.54) is 6.07 Å². The summed E-state index contributed by atoms with van der Waals surface area (Å²) in [6.45, 7) is 0. The van der Waals surface area contributed by atoms with Crippen molar-refractivity contribution in [3.05, 3.63) is 88.6 Å². The molecule has 0 saturated heterocycles. The Kier molecular flexibility index (Phi) is 3.74. The Labute approximate surface area is 165 Å². The fourth-order valence-electron chi connectivity index (χ4n) is 3.50. The van der Waals surface area contributed by atoms with Crippen LogP contribution in [0.25, 0.3) is 28.2 Å². The number of phenols is 1. The lowest BCUT2D eigenvalue weighted by atomic mass is 10.0. The van der Waals surface area contributed by atoms with E-state index in [9.17, 15) is 9.90 Å². The van der Waals surface area contributed by atoms with Crippen molar-refractivity contribution in [2.45, 2.75) is 0 Å². The summed E-state index contributed by atoms with van der Waals surface area (Å²) in [5, 5.41) is 11.7. The molecule has 1 aliphatic rings. The van der Waals surface area contributed by atoms with Crippen molar-refractivity contribution in [1.82, 2.24) is 4.98 Å². The average Bonchev–Trinajstić information content (AvgIpc) is 3.22. The van der Waals surface area contributed by atoms with Gasteiger partial charge in [0.05, 0.1) is 5.69 Å². The minimum Gasteiger partial charge on any atom is -0.507 e. The number of phenolic OH excluding ortho intramolecular Hbond substituents is 1. The first-order valence-corrected chi connectivity index (χ1v) is 9.12. The number of carbonyl (C=O) groups excluding carboxylic acids is 1. The van der Waals surface area contributed by atoms with E-state index in [4.69, 9.17) is 16.3 Å². The molecule has 0 radical (unpaired) electrons. The van der Waals surface area contributed by atoms with Crippen LogP contribution in [0.3, 0.4) is 0 Å². The molecule has 1 aliphatic heterocycles. The second kappa shape index (κ2) is 6.29. The number of fused-ring (bicyclic) bond motifs is 2. The van der Waals surface area contributed by atoms with Gasteiger partial charge in [0.15, 0.2) is 5.76 Å². The standard InChI is InChI=1S/C23H14ClNO3/c24-14-10-8-13(9-11-14)22-16(15-4-1-2-5-17(15)25-22)12-20-23(27)21-18(26)6-3-7-19(21)28-20/h1-12,25-26H/b20-12-. The van der Waals surface area contributed by atoms with E-state index in [1.807, 2.05) is 48.5 Å². The monoisotopic (exact) mass is 387 g/mol. The van der Waals surface area contributed by atoms with Crippen LogP contribution >= 0.6 is 11.6 Å². The van der Waals surface area contributed by atoms with E-state index in [1.54, 1.807) is 18.2 Å². The lowest BCUT2D eigenvalue weighted by Gasteiger charge is -2.03. The topological polar surface area (TPSA) is 62.3 Å². The van der Waals surface area contributed by atoms with Crippen LogP contribution in [-0.2, 0) is 0 Å². The van der Waals surface area contributed by atoms with Gasteiger partial charge in [-0.05, 0) is 42.0 Å². The second-order valence-electron chi connectivity index (χ2n) is 6.56. The number of ketones is 1. The molecule has 28 heavy (non-hydrogen) atoms. The number of aromatic nitrogens is 1. The average molecular weight is 388 g/mol. The Hall–Kier alpha value is -3.50. The summed E-state index contributed by atoms with van der Waals surface area (Å²) in [7, 11) is 0. The zero-order valence-electron chi connectivity index (χ0n) is 14.6. The molecule has 2 heterocycles. The van der Waals surface area contributed by atoms with E-state index in [-0.39, 0.29) is 22.9 Å². The highest BCUT2D eigenvalue weighted by Crippen LogP contribution is 2.39. The molecule has 1 aromatic heterocycles. The van der Waals surface area contributed by atoms with Crippen LogP contribution in [0.15, 0.2) is 72.5 Å². The van der Waals surface area contributed by atoms with Gasteiger partial charge in [-0.3, -0.25) is 4.79 Å². The molecule has 0 amide bonds. The number of allylic oxidation sites excluding steroid dienone is 1. The molecule has 4 aromatic rings. The zero-order valence-corrected chi connectivity index (χ0v) is 15.3. The number of H-pyrrole nitrogens is 1. The highest BCUT2D eigenvalue weighted by atomic mass is 35.5. The number of benzene rings is 3. The van der Waals surface area contributed by atoms with Gasteiger partial charge in [0, 0.05) is 21.5 Å². The number of hydrogen-bond acceptors (Lipinski definition) is 3. The normalized spacial score (nSPS) is 14.5. The Morgan fingerprint density at radius 2 is 1.75 bits per heavy atom. The van der Waals surface area contributed by atoms with E-state index < -0.39 is 0 Å². The summed E-state index contributed by atoms with van der Waals surface area (Å²) in [4.78, 5) is 16.2. The molecule has 0 saturated carbocycles. The molecule has 0 spiro atoms. The second-order valence-corrected chi connectivity index (χ2v) is 6.99. The van der Waals surface area contributed by atoms with E-state index in [0.717, 1.165) is 27.7 Å². The van der Waals surface area contributed by atoms with E-state index in [0.29, 0.717) is 10.8 Å². The van der Waals surface area contributed by atoms with E-state index >= 15 is 0 Å². The first-order valence-electron chi connectivity index (χ1n) is 8.75. The van der Waals surface area contributed by atoms with Gasteiger partial charge >= 0.3 is 0 Å². The number of aromatic amines is 1. The maximum Gasteiger partial charge on any atom is 0.235 e. The molecule has 5 heteroatoms. The maximum absolute atomic E-state index is 12.8. The number of carbonyl (C=O) groups is 1. The first-order chi connectivity index (χ1) is 13.6. The van der Waals surface area contributed by atoms with Gasteiger partial charge in [-0.2, -0.15) is 0 Å². The van der Waals surface area contributed by atoms with Gasteiger partial charge in [-0.1, -0.05) is 48.0 Å². The molecule has 0 bridgehead atoms. The van der Waals surface area contributed by atoms with Gasteiger partial charge in [0.2, 0.25) is 5.78 Å². The van der Waals surface area contributed by atoms with Crippen LogP contribution in [0.2, 0.25) is 5.02 Å². The van der Waals surface area contributed by atoms with Crippen molar-refractivity contribution in [2.24, 2.45) is 0 Å². The molecule has 4 nitrogen and oxygen atoms in total. The maximum atomic E-state index is 12.8. The smallest absolute Gasteiger partial charge is 0.235 e. The SMILES string of the molecule is O=C1/C(=C/c2c(-c3ccc(Cl)cc3)[nH]c3ccccc23)Oc2cccc(O)c21. The molecule has 0 fully saturated rings. The summed E-state index contributed by atoms with van der Waals surface area (Å²) in [6, 6.07) is 20.2. The fourth-order valence-corrected chi connectivity index (χ4v) is 3.63. The van der Waals surface area contributed by atoms with E-state index in [2.05, 4.69) is 4.98 Å². The molecule has 0 atom stereocenters. The molecule has 2 N–H and O–H groups in total. The number of ether oxygens (including phenoxy) is 1. The van der Waals surface area contributed by atoms with Gasteiger partial charge < -0.3 is 14.8 Å². The van der Waals surface area contributed by atoms with Gasteiger partial charge in [-0.15, -0.1) is 0 Å². The van der Waals surface area contributed by atoms with Crippen molar-refractivity contribution in [3.8, 4) is 22.8 Å². The van der Waals surface area contributed by atoms with Crippen molar-refractivity contribution in [3.63, 3.8) is 0 Å². The van der Waals surface area contributed by atoms with Crippen LogP contribution in [-0.4, -0.2) is 15.9 Å².